The highest BCUT2D eigenvalue weighted by Crippen LogP contribution is 2.25. The molecule has 0 aliphatic carbocycles. The van der Waals surface area contributed by atoms with Gasteiger partial charge in [-0.2, -0.15) is 0 Å². The van der Waals surface area contributed by atoms with E-state index in [-0.39, 0.29) is 36.5 Å². The molecule has 4 N–H and O–H groups in total. The molecule has 1 saturated heterocycles. The molecular formula is C34H44N4O6. The van der Waals surface area contributed by atoms with E-state index in [1.165, 1.54) is 17.1 Å². The topological polar surface area (TPSA) is 137 Å². The van der Waals surface area contributed by atoms with Crippen LogP contribution in [0, 0.1) is 11.8 Å². The van der Waals surface area contributed by atoms with Crippen LogP contribution in [0.25, 0.3) is 6.08 Å². The lowest BCUT2D eigenvalue weighted by Crippen LogP contribution is -2.62. The van der Waals surface area contributed by atoms with Crippen molar-refractivity contribution < 1.29 is 29.0 Å². The summed E-state index contributed by atoms with van der Waals surface area (Å²) in [6.07, 6.45) is 5.61. The van der Waals surface area contributed by atoms with Gasteiger partial charge in [0.25, 0.3) is 5.91 Å². The van der Waals surface area contributed by atoms with Gasteiger partial charge in [0.15, 0.2) is 0 Å². The van der Waals surface area contributed by atoms with E-state index in [1.54, 1.807) is 12.1 Å². The molecule has 2 aromatic rings. The van der Waals surface area contributed by atoms with Crippen molar-refractivity contribution in [2.45, 2.75) is 77.4 Å². The molecule has 0 aromatic heterocycles. The number of hydrogen-bond acceptors (Lipinski definition) is 7. The van der Waals surface area contributed by atoms with Crippen LogP contribution in [0.5, 0.6) is 5.75 Å². The lowest BCUT2D eigenvalue weighted by Gasteiger charge is -2.35. The van der Waals surface area contributed by atoms with Crippen LogP contribution < -0.4 is 16.1 Å². The number of nitrogens with zero attached hydrogens (tertiary/aromatic N) is 1. The quantitative estimate of drug-likeness (QED) is 0.394. The number of amides is 3. The molecule has 2 aromatic carbocycles. The Morgan fingerprint density at radius 3 is 2.43 bits per heavy atom. The predicted octanol–water partition coefficient (Wildman–Crippen LogP) is 3.46. The number of aromatic hydroxyl groups is 1. The first-order valence-electron chi connectivity index (χ1n) is 15.4. The van der Waals surface area contributed by atoms with Crippen LogP contribution in [-0.2, 0) is 30.3 Å². The van der Waals surface area contributed by atoms with Gasteiger partial charge >= 0.3 is 5.97 Å². The van der Waals surface area contributed by atoms with E-state index in [9.17, 15) is 24.3 Å². The maximum absolute atomic E-state index is 13.9. The molecule has 0 spiro atoms. The van der Waals surface area contributed by atoms with E-state index in [4.69, 9.17) is 4.74 Å². The molecule has 44 heavy (non-hydrogen) atoms. The van der Waals surface area contributed by atoms with Gasteiger partial charge in [-0.1, -0.05) is 76.2 Å². The fourth-order valence-corrected chi connectivity index (χ4v) is 5.48. The van der Waals surface area contributed by atoms with Crippen molar-refractivity contribution in [1.82, 2.24) is 21.1 Å². The summed E-state index contributed by atoms with van der Waals surface area (Å²) in [4.78, 5) is 53.9. The smallest absolute Gasteiger partial charge is 0.324 e. The molecule has 4 bridgehead atoms. The molecule has 236 valence electrons. The molecule has 1 fully saturated rings. The first kappa shape index (κ1) is 32.7. The first-order chi connectivity index (χ1) is 21.0. The third-order valence-corrected chi connectivity index (χ3v) is 8.41. The van der Waals surface area contributed by atoms with Crippen LogP contribution in [0.1, 0.15) is 69.6 Å². The number of carbonyl (C=O) groups excluding carboxylic acids is 4. The number of fused-ring (bicyclic) bond motifs is 14. The van der Waals surface area contributed by atoms with Crippen LogP contribution in [0.15, 0.2) is 54.6 Å². The number of esters is 1. The standard InChI is InChI=1S/C34H44N4O6/c1-21(2)30-32(41)35-29(20-25-10-7-11-27(39)19-25)33(42)38-17-8-12-28(37-38)34(43)44-18-6-5-9-24-13-15-26(16-14-24)22(3)23(4)31(40)36-30/h5,7,9-11,13-16,19,21-23,28-30,37,39H,6,8,12,17-18,20H2,1-4H3,(H,35,41)(H,36,40)/b9-5+/t22-,23+,28-,29-,30-/m0/s1. The van der Waals surface area contributed by atoms with E-state index in [0.717, 1.165) is 11.1 Å². The molecule has 5 atom stereocenters. The number of carbonyl (C=O) groups is 4. The largest absolute Gasteiger partial charge is 0.508 e. The molecule has 10 heteroatoms. The van der Waals surface area contributed by atoms with Gasteiger partial charge in [0.1, 0.15) is 23.9 Å². The number of benzene rings is 2. The van der Waals surface area contributed by atoms with Crippen molar-refractivity contribution in [3.05, 3.63) is 71.3 Å². The Labute approximate surface area is 259 Å². The molecule has 3 aliphatic heterocycles. The first-order valence-corrected chi connectivity index (χ1v) is 15.4. The van der Waals surface area contributed by atoms with Crippen LogP contribution >= 0.6 is 0 Å². The van der Waals surface area contributed by atoms with Gasteiger partial charge in [-0.05, 0) is 59.9 Å². The third-order valence-electron chi connectivity index (χ3n) is 8.41. The van der Waals surface area contributed by atoms with Crippen molar-refractivity contribution in [3.8, 4) is 5.75 Å². The Kier molecular flexibility index (Phi) is 11.2. The van der Waals surface area contributed by atoms with Crippen LogP contribution in [0.2, 0.25) is 0 Å². The number of rotatable bonds is 3. The normalized spacial score (nSPS) is 26.7. The SMILES string of the molecule is CC(C)[C@@H]1NC(=O)[C@H](C)[C@H](C)c2ccc(cc2)/C=C/CCOC(=O)[C@@H]2CCCN(N2)C(=O)[C@H](Cc2cccc(O)c2)NC1=O. The summed E-state index contributed by atoms with van der Waals surface area (Å²) >= 11 is 0. The predicted molar refractivity (Wildman–Crippen MR) is 167 cm³/mol. The molecule has 0 saturated carbocycles. The van der Waals surface area contributed by atoms with Crippen LogP contribution in [0.3, 0.4) is 0 Å². The summed E-state index contributed by atoms with van der Waals surface area (Å²) in [7, 11) is 0. The second kappa shape index (κ2) is 15.0. The Morgan fingerprint density at radius 1 is 0.977 bits per heavy atom. The second-order valence-electron chi connectivity index (χ2n) is 12.1. The Balaban J connectivity index is 1.64. The zero-order chi connectivity index (χ0) is 31.8. The van der Waals surface area contributed by atoms with Gasteiger partial charge in [-0.3, -0.25) is 24.2 Å². The van der Waals surface area contributed by atoms with Gasteiger partial charge in [0, 0.05) is 18.9 Å². The van der Waals surface area contributed by atoms with Crippen molar-refractivity contribution >= 4 is 29.8 Å². The Morgan fingerprint density at radius 2 is 1.73 bits per heavy atom. The number of ether oxygens (including phenoxy) is 1. The summed E-state index contributed by atoms with van der Waals surface area (Å²) < 4.78 is 5.51. The minimum Gasteiger partial charge on any atom is -0.508 e. The zero-order valence-electron chi connectivity index (χ0n) is 25.9. The average molecular weight is 605 g/mol. The van der Waals surface area contributed by atoms with Crippen molar-refractivity contribution in [2.24, 2.45) is 11.8 Å². The number of phenolic OH excluding ortho intramolecular Hbond substituents is 1. The van der Waals surface area contributed by atoms with Crippen molar-refractivity contribution in [2.75, 3.05) is 13.2 Å². The van der Waals surface area contributed by atoms with Gasteiger partial charge in [0.2, 0.25) is 11.8 Å². The maximum atomic E-state index is 13.9. The third kappa shape index (κ3) is 8.47. The molecule has 0 radical (unpaired) electrons. The number of hydrogen-bond donors (Lipinski definition) is 4. The molecule has 10 nitrogen and oxygen atoms in total. The molecule has 3 heterocycles. The van der Waals surface area contributed by atoms with Gasteiger partial charge in [-0.25, -0.2) is 5.43 Å². The van der Waals surface area contributed by atoms with Gasteiger partial charge in [-0.15, -0.1) is 0 Å². The van der Waals surface area contributed by atoms with E-state index in [1.807, 2.05) is 64.1 Å². The molecular weight excluding hydrogens is 560 g/mol. The van der Waals surface area contributed by atoms with Crippen molar-refractivity contribution in [3.63, 3.8) is 0 Å². The highest BCUT2D eigenvalue weighted by atomic mass is 16.5. The fraction of sp³-hybridized carbons (Fsp3) is 0.471. The minimum absolute atomic E-state index is 0.0403. The highest BCUT2D eigenvalue weighted by molar-refractivity contribution is 5.93. The zero-order valence-corrected chi connectivity index (χ0v) is 25.9. The number of hydrazine groups is 1. The Hall–Kier alpha value is -4.18. The summed E-state index contributed by atoms with van der Waals surface area (Å²) in [5.41, 5.74) is 5.63. The number of nitrogens with one attached hydrogen (secondary N) is 3. The van der Waals surface area contributed by atoms with Gasteiger partial charge < -0.3 is 20.5 Å². The van der Waals surface area contributed by atoms with Crippen LogP contribution in [0.4, 0.5) is 0 Å². The van der Waals surface area contributed by atoms with Crippen LogP contribution in [-0.4, -0.2) is 65.1 Å². The summed E-state index contributed by atoms with van der Waals surface area (Å²) in [6.45, 7) is 8.05. The fourth-order valence-electron chi connectivity index (χ4n) is 5.48. The van der Waals surface area contributed by atoms with E-state index < -0.39 is 41.8 Å². The Bertz CT molecular complexity index is 1360. The summed E-state index contributed by atoms with van der Waals surface area (Å²) in [6, 6.07) is 11.8. The lowest BCUT2D eigenvalue weighted by atomic mass is 9.87. The average Bonchev–Trinajstić information content (AvgIpc) is 3.01. The molecule has 3 amide bonds. The molecule has 5 rings (SSSR count). The second-order valence-corrected chi connectivity index (χ2v) is 12.1. The number of phenols is 1. The lowest BCUT2D eigenvalue weighted by molar-refractivity contribution is -0.153. The van der Waals surface area contributed by atoms with E-state index >= 15 is 0 Å². The van der Waals surface area contributed by atoms with Gasteiger partial charge in [0.05, 0.1) is 6.61 Å². The van der Waals surface area contributed by atoms with E-state index in [2.05, 4.69) is 16.1 Å². The van der Waals surface area contributed by atoms with E-state index in [0.29, 0.717) is 31.4 Å². The highest BCUT2D eigenvalue weighted by Gasteiger charge is 2.36. The molecule has 0 unspecified atom stereocenters. The molecule has 3 aliphatic rings. The summed E-state index contributed by atoms with van der Waals surface area (Å²) in [5.74, 6) is -2.37. The monoisotopic (exact) mass is 604 g/mol. The summed E-state index contributed by atoms with van der Waals surface area (Å²) in [5, 5.41) is 17.2. The minimum atomic E-state index is -1.03. The maximum Gasteiger partial charge on any atom is 0.324 e. The van der Waals surface area contributed by atoms with Crippen molar-refractivity contribution in [1.29, 1.82) is 0 Å².